The van der Waals surface area contributed by atoms with Crippen LogP contribution in [0.25, 0.3) is 0 Å². The SMILES string of the molecule is COc1c2n(cc(C(=O)NCc3ccc(F)cc3F)c1=O)C[C@@H]1OCOC[C@@]1(C)C2=O. The van der Waals surface area contributed by atoms with Crippen molar-refractivity contribution in [1.29, 1.82) is 0 Å². The van der Waals surface area contributed by atoms with Crippen molar-refractivity contribution in [1.82, 2.24) is 9.88 Å². The summed E-state index contributed by atoms with van der Waals surface area (Å²) in [6, 6.07) is 2.97. The number of carbonyl (C=O) groups is 2. The van der Waals surface area contributed by atoms with Crippen molar-refractivity contribution in [2.45, 2.75) is 26.1 Å². The zero-order chi connectivity index (χ0) is 22.3. The Bertz CT molecular complexity index is 1130. The van der Waals surface area contributed by atoms with Crippen LogP contribution in [0.4, 0.5) is 8.78 Å². The summed E-state index contributed by atoms with van der Waals surface area (Å²) in [5.41, 5.74) is -1.92. The molecule has 1 saturated heterocycles. The number of hydrogen-bond acceptors (Lipinski definition) is 6. The second-order valence-corrected chi connectivity index (χ2v) is 7.69. The predicted molar refractivity (Wildman–Crippen MR) is 103 cm³/mol. The Balaban J connectivity index is 1.68. The van der Waals surface area contributed by atoms with Crippen molar-refractivity contribution in [3.8, 4) is 5.75 Å². The lowest BCUT2D eigenvalue weighted by atomic mass is 9.75. The minimum Gasteiger partial charge on any atom is -0.491 e. The van der Waals surface area contributed by atoms with Gasteiger partial charge in [0.2, 0.25) is 5.43 Å². The van der Waals surface area contributed by atoms with Gasteiger partial charge in [0, 0.05) is 24.4 Å². The summed E-state index contributed by atoms with van der Waals surface area (Å²) in [6.45, 7) is 1.83. The molecule has 0 saturated carbocycles. The largest absolute Gasteiger partial charge is 0.491 e. The van der Waals surface area contributed by atoms with Gasteiger partial charge < -0.3 is 24.1 Å². The van der Waals surface area contributed by atoms with Gasteiger partial charge >= 0.3 is 0 Å². The first-order valence-electron chi connectivity index (χ1n) is 9.54. The van der Waals surface area contributed by atoms with E-state index in [0.717, 1.165) is 6.07 Å². The average Bonchev–Trinajstić information content (AvgIpc) is 2.74. The summed E-state index contributed by atoms with van der Waals surface area (Å²) in [4.78, 5) is 38.8. The highest BCUT2D eigenvalue weighted by molar-refractivity contribution is 6.03. The molecule has 1 aromatic carbocycles. The van der Waals surface area contributed by atoms with E-state index in [2.05, 4.69) is 5.32 Å². The molecule has 2 aliphatic rings. The van der Waals surface area contributed by atoms with Crippen molar-refractivity contribution < 1.29 is 32.6 Å². The number of ketones is 1. The van der Waals surface area contributed by atoms with E-state index < -0.39 is 34.5 Å². The fourth-order valence-corrected chi connectivity index (χ4v) is 3.88. The highest BCUT2D eigenvalue weighted by atomic mass is 19.1. The van der Waals surface area contributed by atoms with E-state index in [9.17, 15) is 23.2 Å². The van der Waals surface area contributed by atoms with Crippen LogP contribution in [0, 0.1) is 17.0 Å². The van der Waals surface area contributed by atoms with Gasteiger partial charge in [-0.2, -0.15) is 0 Å². The lowest BCUT2D eigenvalue weighted by Gasteiger charge is -2.43. The van der Waals surface area contributed by atoms with Crippen molar-refractivity contribution in [3.63, 3.8) is 0 Å². The third-order valence-electron chi connectivity index (χ3n) is 5.70. The van der Waals surface area contributed by atoms with Crippen molar-refractivity contribution in [3.05, 3.63) is 63.1 Å². The number of ether oxygens (including phenoxy) is 3. The van der Waals surface area contributed by atoms with E-state index in [0.29, 0.717) is 6.07 Å². The van der Waals surface area contributed by atoms with Crippen LogP contribution >= 0.6 is 0 Å². The third kappa shape index (κ3) is 3.51. The van der Waals surface area contributed by atoms with Crippen LogP contribution < -0.4 is 15.5 Å². The standard InChI is InChI=1S/C21H20F2N2O6/c1-21-9-30-10-31-15(21)8-25-7-13(17(26)18(29-2)16(25)19(21)27)20(28)24-6-11-3-4-12(22)5-14(11)23/h3-5,7,15H,6,8-10H2,1-2H3,(H,24,28)/t15-,21+/m0/s1. The van der Waals surface area contributed by atoms with E-state index >= 15 is 0 Å². The fourth-order valence-electron chi connectivity index (χ4n) is 3.88. The minimum atomic E-state index is -0.984. The predicted octanol–water partition coefficient (Wildman–Crippen LogP) is 1.64. The minimum absolute atomic E-state index is 0.0385. The van der Waals surface area contributed by atoms with Crippen LogP contribution in [0.5, 0.6) is 5.75 Å². The molecule has 1 fully saturated rings. The highest BCUT2D eigenvalue weighted by Gasteiger charge is 2.51. The number of fused-ring (bicyclic) bond motifs is 2. The van der Waals surface area contributed by atoms with Gasteiger partial charge in [0.1, 0.15) is 29.7 Å². The van der Waals surface area contributed by atoms with E-state index in [1.165, 1.54) is 23.9 Å². The Morgan fingerprint density at radius 3 is 2.84 bits per heavy atom. The molecule has 164 valence electrons. The molecule has 0 unspecified atom stereocenters. The molecular weight excluding hydrogens is 414 g/mol. The quantitative estimate of drug-likeness (QED) is 0.786. The Kier molecular flexibility index (Phi) is 5.36. The number of benzene rings is 1. The maximum Gasteiger partial charge on any atom is 0.257 e. The first-order valence-corrected chi connectivity index (χ1v) is 9.54. The molecule has 31 heavy (non-hydrogen) atoms. The van der Waals surface area contributed by atoms with Crippen LogP contribution in [0.2, 0.25) is 0 Å². The molecule has 3 heterocycles. The summed E-state index contributed by atoms with van der Waals surface area (Å²) in [5.74, 6) is -2.97. The van der Waals surface area contributed by atoms with Crippen molar-refractivity contribution >= 4 is 11.7 Å². The number of aromatic nitrogens is 1. The summed E-state index contributed by atoms with van der Waals surface area (Å²) < 4.78 is 44.4. The molecule has 0 radical (unpaired) electrons. The second-order valence-electron chi connectivity index (χ2n) is 7.69. The van der Waals surface area contributed by atoms with E-state index in [-0.39, 0.29) is 54.8 Å². The number of carbonyl (C=O) groups excluding carboxylic acids is 2. The molecule has 0 aliphatic carbocycles. The Labute approximate surface area is 175 Å². The van der Waals surface area contributed by atoms with Crippen LogP contribution in [0.1, 0.15) is 33.3 Å². The number of rotatable bonds is 4. The maximum atomic E-state index is 13.8. The molecule has 1 aromatic heterocycles. The molecular formula is C21H20F2N2O6. The van der Waals surface area contributed by atoms with Crippen LogP contribution in [0.3, 0.4) is 0 Å². The summed E-state index contributed by atoms with van der Waals surface area (Å²) in [5, 5.41) is 2.44. The van der Waals surface area contributed by atoms with Gasteiger partial charge in [-0.25, -0.2) is 8.78 Å². The number of methoxy groups -OCH3 is 1. The number of nitrogens with zero attached hydrogens (tertiary/aromatic N) is 1. The summed E-state index contributed by atoms with van der Waals surface area (Å²) in [6.07, 6.45) is 0.769. The number of hydrogen-bond donors (Lipinski definition) is 1. The number of Topliss-reactive ketones (excluding diaryl/α,β-unsaturated/α-hetero) is 1. The maximum absolute atomic E-state index is 13.8. The molecule has 10 heteroatoms. The zero-order valence-electron chi connectivity index (χ0n) is 16.9. The fraction of sp³-hybridized carbons (Fsp3) is 0.381. The Hall–Kier alpha value is -3.11. The van der Waals surface area contributed by atoms with Crippen LogP contribution in [0.15, 0.2) is 29.2 Å². The van der Waals surface area contributed by atoms with Gasteiger partial charge in [-0.3, -0.25) is 14.4 Å². The smallest absolute Gasteiger partial charge is 0.257 e. The number of amides is 1. The highest BCUT2D eigenvalue weighted by Crippen LogP contribution is 2.39. The molecule has 2 aromatic rings. The number of halogens is 2. The van der Waals surface area contributed by atoms with Crippen molar-refractivity contribution in [2.24, 2.45) is 5.41 Å². The van der Waals surface area contributed by atoms with Gasteiger partial charge in [-0.15, -0.1) is 0 Å². The van der Waals surface area contributed by atoms with Crippen LogP contribution in [-0.2, 0) is 22.6 Å². The summed E-state index contributed by atoms with van der Waals surface area (Å²) in [7, 11) is 1.24. The molecule has 1 N–H and O–H groups in total. The zero-order valence-corrected chi connectivity index (χ0v) is 16.9. The van der Waals surface area contributed by atoms with Crippen molar-refractivity contribution in [2.75, 3.05) is 20.5 Å². The molecule has 1 amide bonds. The first-order chi connectivity index (χ1) is 14.8. The normalized spacial score (nSPS) is 22.5. The first kappa shape index (κ1) is 21.1. The molecule has 0 spiro atoms. The Morgan fingerprint density at radius 1 is 1.35 bits per heavy atom. The van der Waals surface area contributed by atoms with E-state index in [1.807, 2.05) is 0 Å². The third-order valence-corrected chi connectivity index (χ3v) is 5.70. The lowest BCUT2D eigenvalue weighted by Crippen LogP contribution is -2.55. The van der Waals surface area contributed by atoms with Gasteiger partial charge in [0.15, 0.2) is 11.5 Å². The molecule has 0 bridgehead atoms. The lowest BCUT2D eigenvalue weighted by molar-refractivity contribution is -0.195. The Morgan fingerprint density at radius 2 is 2.13 bits per heavy atom. The van der Waals surface area contributed by atoms with Gasteiger partial charge in [-0.05, 0) is 13.0 Å². The molecule has 4 rings (SSSR count). The monoisotopic (exact) mass is 434 g/mol. The van der Waals surface area contributed by atoms with Gasteiger partial charge in [0.25, 0.3) is 5.91 Å². The molecule has 2 atom stereocenters. The van der Waals surface area contributed by atoms with E-state index in [1.54, 1.807) is 6.92 Å². The topological polar surface area (TPSA) is 95.9 Å². The molecule has 2 aliphatic heterocycles. The number of pyridine rings is 1. The van der Waals surface area contributed by atoms with E-state index in [4.69, 9.17) is 14.2 Å². The average molecular weight is 434 g/mol. The van der Waals surface area contributed by atoms with Gasteiger partial charge in [-0.1, -0.05) is 6.07 Å². The molecule has 8 nitrogen and oxygen atoms in total. The van der Waals surface area contributed by atoms with Crippen LogP contribution in [-0.4, -0.2) is 42.9 Å². The van der Waals surface area contributed by atoms with Gasteiger partial charge in [0.05, 0.1) is 31.8 Å². The number of nitrogens with one attached hydrogen (secondary N) is 1. The summed E-state index contributed by atoms with van der Waals surface area (Å²) >= 11 is 0. The second kappa shape index (κ2) is 7.86.